The summed E-state index contributed by atoms with van der Waals surface area (Å²) < 4.78 is 13.8. The van der Waals surface area contributed by atoms with Gasteiger partial charge in [0.25, 0.3) is 11.8 Å². The summed E-state index contributed by atoms with van der Waals surface area (Å²) in [6, 6.07) is 9.01. The number of hydrogen-bond donors (Lipinski definition) is 3. The molecule has 0 radical (unpaired) electrons. The maximum Gasteiger partial charge on any atom is 0.335 e. The standard InChI is InChI=1S/C20H21FN2O4/c1-20(2,3)11-22-17(24)12-4-6-13(7-5-12)18(25)23-16-10-14(19(26)27)8-9-15(16)21/h4-10H,11H2,1-3H3,(H,22,24)(H,23,25)(H,26,27). The highest BCUT2D eigenvalue weighted by Gasteiger charge is 2.15. The molecule has 0 saturated heterocycles. The number of hydrogen-bond acceptors (Lipinski definition) is 3. The summed E-state index contributed by atoms with van der Waals surface area (Å²) in [5.74, 6) is -2.84. The summed E-state index contributed by atoms with van der Waals surface area (Å²) in [4.78, 5) is 35.3. The largest absolute Gasteiger partial charge is 0.478 e. The van der Waals surface area contributed by atoms with Gasteiger partial charge >= 0.3 is 5.97 Å². The van der Waals surface area contributed by atoms with Crippen molar-refractivity contribution in [2.75, 3.05) is 11.9 Å². The Morgan fingerprint density at radius 1 is 0.926 bits per heavy atom. The molecular weight excluding hydrogens is 351 g/mol. The third-order valence-electron chi connectivity index (χ3n) is 3.65. The van der Waals surface area contributed by atoms with Gasteiger partial charge in [0.15, 0.2) is 0 Å². The van der Waals surface area contributed by atoms with E-state index in [1.807, 2.05) is 20.8 Å². The van der Waals surface area contributed by atoms with Gasteiger partial charge in [-0.3, -0.25) is 9.59 Å². The molecule has 2 rings (SSSR count). The van der Waals surface area contributed by atoms with E-state index in [-0.39, 0.29) is 28.1 Å². The second-order valence-electron chi connectivity index (χ2n) is 7.27. The van der Waals surface area contributed by atoms with Gasteiger partial charge in [-0.15, -0.1) is 0 Å². The van der Waals surface area contributed by atoms with E-state index in [1.165, 1.54) is 24.3 Å². The van der Waals surface area contributed by atoms with Gasteiger partial charge in [-0.25, -0.2) is 9.18 Å². The lowest BCUT2D eigenvalue weighted by Gasteiger charge is -2.18. The number of aromatic carboxylic acids is 1. The van der Waals surface area contributed by atoms with Gasteiger partial charge in [0.05, 0.1) is 11.3 Å². The zero-order chi connectivity index (χ0) is 20.2. The number of nitrogens with one attached hydrogen (secondary N) is 2. The second kappa shape index (κ2) is 7.99. The van der Waals surface area contributed by atoms with Gasteiger partial charge in [0.1, 0.15) is 5.82 Å². The lowest BCUT2D eigenvalue weighted by Crippen LogP contribution is -2.32. The summed E-state index contributed by atoms with van der Waals surface area (Å²) in [6.45, 7) is 6.50. The smallest absolute Gasteiger partial charge is 0.335 e. The zero-order valence-electron chi connectivity index (χ0n) is 15.3. The van der Waals surface area contributed by atoms with E-state index in [1.54, 1.807) is 0 Å². The van der Waals surface area contributed by atoms with Crippen LogP contribution in [0.3, 0.4) is 0 Å². The molecule has 0 aromatic heterocycles. The van der Waals surface area contributed by atoms with Gasteiger partial charge < -0.3 is 15.7 Å². The highest BCUT2D eigenvalue weighted by molar-refractivity contribution is 6.05. The van der Waals surface area contributed by atoms with Crippen LogP contribution in [0.5, 0.6) is 0 Å². The number of carboxylic acids is 1. The molecule has 0 heterocycles. The van der Waals surface area contributed by atoms with Crippen LogP contribution in [0.4, 0.5) is 10.1 Å². The predicted octanol–water partition coefficient (Wildman–Crippen LogP) is 3.55. The number of benzene rings is 2. The molecule has 7 heteroatoms. The fourth-order valence-corrected chi connectivity index (χ4v) is 2.17. The number of rotatable bonds is 5. The average molecular weight is 372 g/mol. The Labute approximate surface area is 156 Å². The zero-order valence-corrected chi connectivity index (χ0v) is 15.3. The van der Waals surface area contributed by atoms with Crippen molar-refractivity contribution in [3.63, 3.8) is 0 Å². The van der Waals surface area contributed by atoms with Crippen LogP contribution in [0.15, 0.2) is 42.5 Å². The Morgan fingerprint density at radius 3 is 1.96 bits per heavy atom. The van der Waals surface area contributed by atoms with Crippen LogP contribution in [0.2, 0.25) is 0 Å². The van der Waals surface area contributed by atoms with Crippen molar-refractivity contribution in [1.82, 2.24) is 5.32 Å². The van der Waals surface area contributed by atoms with E-state index in [0.717, 1.165) is 18.2 Å². The Kier molecular flexibility index (Phi) is 5.95. The van der Waals surface area contributed by atoms with Crippen LogP contribution < -0.4 is 10.6 Å². The highest BCUT2D eigenvalue weighted by atomic mass is 19.1. The Hall–Kier alpha value is -3.22. The van der Waals surface area contributed by atoms with Crippen LogP contribution in [-0.2, 0) is 0 Å². The lowest BCUT2D eigenvalue weighted by atomic mass is 9.97. The monoisotopic (exact) mass is 372 g/mol. The number of anilines is 1. The van der Waals surface area contributed by atoms with Crippen molar-refractivity contribution in [3.8, 4) is 0 Å². The third kappa shape index (κ3) is 5.64. The van der Waals surface area contributed by atoms with E-state index in [9.17, 15) is 18.8 Å². The molecule has 0 fully saturated rings. The van der Waals surface area contributed by atoms with Crippen LogP contribution in [0.1, 0.15) is 51.8 Å². The Bertz CT molecular complexity index is 871. The molecule has 6 nitrogen and oxygen atoms in total. The molecule has 0 unspecified atom stereocenters. The number of carbonyl (C=O) groups excluding carboxylic acids is 2. The van der Waals surface area contributed by atoms with E-state index in [2.05, 4.69) is 10.6 Å². The molecule has 2 amide bonds. The van der Waals surface area contributed by atoms with Gasteiger partial charge in [-0.1, -0.05) is 20.8 Å². The molecule has 2 aromatic rings. The Morgan fingerprint density at radius 2 is 1.44 bits per heavy atom. The topological polar surface area (TPSA) is 95.5 Å². The van der Waals surface area contributed by atoms with E-state index in [0.29, 0.717) is 12.1 Å². The van der Waals surface area contributed by atoms with Crippen molar-refractivity contribution in [2.45, 2.75) is 20.8 Å². The quantitative estimate of drug-likeness (QED) is 0.748. The van der Waals surface area contributed by atoms with Gasteiger partial charge in [-0.2, -0.15) is 0 Å². The summed E-state index contributed by atoms with van der Waals surface area (Å²) in [6.07, 6.45) is 0. The molecule has 0 aliphatic rings. The van der Waals surface area contributed by atoms with Gasteiger partial charge in [0, 0.05) is 17.7 Å². The number of carbonyl (C=O) groups is 3. The Balaban J connectivity index is 2.09. The molecule has 0 saturated carbocycles. The summed E-state index contributed by atoms with van der Waals surface area (Å²) in [7, 11) is 0. The molecule has 0 aliphatic carbocycles. The predicted molar refractivity (Wildman–Crippen MR) is 99.5 cm³/mol. The maximum absolute atomic E-state index is 13.8. The van der Waals surface area contributed by atoms with Gasteiger partial charge in [-0.05, 0) is 47.9 Å². The lowest BCUT2D eigenvalue weighted by molar-refractivity contribution is 0.0696. The maximum atomic E-state index is 13.8. The van der Waals surface area contributed by atoms with Crippen LogP contribution in [0.25, 0.3) is 0 Å². The number of amides is 2. The normalized spacial score (nSPS) is 11.0. The van der Waals surface area contributed by atoms with Crippen molar-refractivity contribution in [2.24, 2.45) is 5.41 Å². The van der Waals surface area contributed by atoms with Crippen LogP contribution in [0, 0.1) is 11.2 Å². The number of carboxylic acid groups (broad SMARTS) is 1. The fourth-order valence-electron chi connectivity index (χ4n) is 2.17. The van der Waals surface area contributed by atoms with Gasteiger partial charge in [0.2, 0.25) is 0 Å². The van der Waals surface area contributed by atoms with E-state index < -0.39 is 17.7 Å². The summed E-state index contributed by atoms with van der Waals surface area (Å²) >= 11 is 0. The first-order chi connectivity index (χ1) is 12.6. The molecule has 0 spiro atoms. The van der Waals surface area contributed by atoms with Crippen LogP contribution >= 0.6 is 0 Å². The van der Waals surface area contributed by atoms with Crippen molar-refractivity contribution in [3.05, 3.63) is 65.0 Å². The molecule has 0 bridgehead atoms. The second-order valence-corrected chi connectivity index (χ2v) is 7.27. The third-order valence-corrected chi connectivity index (χ3v) is 3.65. The number of halogens is 1. The van der Waals surface area contributed by atoms with E-state index >= 15 is 0 Å². The molecule has 0 aliphatic heterocycles. The molecule has 27 heavy (non-hydrogen) atoms. The molecule has 142 valence electrons. The first-order valence-electron chi connectivity index (χ1n) is 8.29. The minimum atomic E-state index is -1.23. The minimum Gasteiger partial charge on any atom is -0.478 e. The summed E-state index contributed by atoms with van der Waals surface area (Å²) in [5.41, 5.74) is 0.186. The molecule has 3 N–H and O–H groups in total. The SMILES string of the molecule is CC(C)(C)CNC(=O)c1ccc(C(=O)Nc2cc(C(=O)O)ccc2F)cc1. The van der Waals surface area contributed by atoms with Crippen molar-refractivity contribution < 1.29 is 23.9 Å². The average Bonchev–Trinajstić information content (AvgIpc) is 2.60. The molecule has 2 aromatic carbocycles. The fraction of sp³-hybridized carbons (Fsp3) is 0.250. The first kappa shape index (κ1) is 20.1. The minimum absolute atomic E-state index is 0.0515. The van der Waals surface area contributed by atoms with Crippen molar-refractivity contribution >= 4 is 23.5 Å². The molecule has 0 atom stereocenters. The highest BCUT2D eigenvalue weighted by Crippen LogP contribution is 2.18. The first-order valence-corrected chi connectivity index (χ1v) is 8.29. The van der Waals surface area contributed by atoms with Crippen molar-refractivity contribution in [1.29, 1.82) is 0 Å². The molecular formula is C20H21FN2O4. The summed E-state index contributed by atoms with van der Waals surface area (Å²) in [5, 5.41) is 14.1. The van der Waals surface area contributed by atoms with Crippen LogP contribution in [-0.4, -0.2) is 29.4 Å². The van der Waals surface area contributed by atoms with E-state index in [4.69, 9.17) is 5.11 Å².